The van der Waals surface area contributed by atoms with E-state index in [2.05, 4.69) is 16.4 Å². The molecule has 2 aromatic heterocycles. The molecular formula is C23H20F4N4O3. The molecule has 11 heteroatoms. The molecule has 2 heterocycles. The first-order valence-electron chi connectivity index (χ1n) is 10.5. The maximum Gasteiger partial charge on any atom is 0.416 e. The molecule has 4 rings (SSSR count). The van der Waals surface area contributed by atoms with Crippen LogP contribution in [-0.2, 0) is 20.1 Å². The summed E-state index contributed by atoms with van der Waals surface area (Å²) in [6.45, 7) is -0.477. The molecule has 0 saturated carbocycles. The van der Waals surface area contributed by atoms with Crippen molar-refractivity contribution in [3.05, 3.63) is 79.4 Å². The third kappa shape index (κ3) is 4.17. The monoisotopic (exact) mass is 476 g/mol. The zero-order chi connectivity index (χ0) is 24.6. The summed E-state index contributed by atoms with van der Waals surface area (Å²) in [6, 6.07) is 0. The Hall–Kier alpha value is -3.65. The minimum absolute atomic E-state index is 0.0283. The molecule has 0 fully saturated rings. The van der Waals surface area contributed by atoms with Crippen molar-refractivity contribution in [1.29, 1.82) is 0 Å². The van der Waals surface area contributed by atoms with Crippen molar-refractivity contribution in [2.24, 2.45) is 7.05 Å². The van der Waals surface area contributed by atoms with Crippen molar-refractivity contribution in [2.75, 3.05) is 6.61 Å². The Bertz CT molecular complexity index is 1490. The minimum Gasteiger partial charge on any atom is -0.396 e. The molecule has 0 spiro atoms. The molecule has 0 saturated heterocycles. The Labute approximate surface area is 190 Å². The van der Waals surface area contributed by atoms with Crippen LogP contribution < -0.4 is 11.2 Å². The van der Waals surface area contributed by atoms with Crippen molar-refractivity contribution >= 4 is 16.7 Å². The fourth-order valence-electron chi connectivity index (χ4n) is 4.00. The van der Waals surface area contributed by atoms with Crippen molar-refractivity contribution < 1.29 is 22.7 Å². The highest BCUT2D eigenvalue weighted by atomic mass is 19.4. The summed E-state index contributed by atoms with van der Waals surface area (Å²) >= 11 is 0. The van der Waals surface area contributed by atoms with Crippen LogP contribution in [0.3, 0.4) is 0 Å². The topological polar surface area (TPSA) is 82.0 Å². The van der Waals surface area contributed by atoms with Crippen LogP contribution in [0.1, 0.15) is 25.1 Å². The first-order valence-corrected chi connectivity index (χ1v) is 10.5. The molecule has 2 aliphatic rings. The highest BCUT2D eigenvalue weighted by molar-refractivity contribution is 5.79. The second kappa shape index (κ2) is 8.95. The molecule has 0 unspecified atom stereocenters. The molecule has 0 aromatic carbocycles. The average Bonchev–Trinajstić information content (AvgIpc) is 3.18. The summed E-state index contributed by atoms with van der Waals surface area (Å²) < 4.78 is 58.1. The van der Waals surface area contributed by atoms with E-state index in [9.17, 15) is 27.2 Å². The largest absolute Gasteiger partial charge is 0.416 e. The molecular weight excluding hydrogens is 456 g/mol. The van der Waals surface area contributed by atoms with Crippen molar-refractivity contribution in [2.45, 2.75) is 38.5 Å². The average molecular weight is 476 g/mol. The van der Waals surface area contributed by atoms with Crippen LogP contribution in [0.4, 0.5) is 17.6 Å². The van der Waals surface area contributed by atoms with Gasteiger partial charge in [0.1, 0.15) is 5.82 Å². The first kappa shape index (κ1) is 23.5. The maximum atomic E-state index is 13.8. The lowest BCUT2D eigenvalue weighted by atomic mass is 9.96. The van der Waals surface area contributed by atoms with Crippen molar-refractivity contribution in [3.63, 3.8) is 0 Å². The van der Waals surface area contributed by atoms with Crippen LogP contribution in [0.2, 0.25) is 0 Å². The second-order valence-corrected chi connectivity index (χ2v) is 7.86. The number of halogens is 4. The van der Waals surface area contributed by atoms with Crippen LogP contribution in [-0.4, -0.2) is 36.6 Å². The number of rotatable bonds is 6. The fraction of sp³-hybridized carbons (Fsp3) is 0.348. The molecule has 0 radical (unpaired) electrons. The SMILES string of the molecule is Cn1c(=O)n(CCCO)c(=O)c2c1nc(C1=C(C(F)(F)F)C=CCC1)n2CC1=C=C=C(F)C=C1. The third-order valence-corrected chi connectivity index (χ3v) is 5.62. The number of aromatic nitrogens is 4. The molecule has 0 bridgehead atoms. The van der Waals surface area contributed by atoms with Crippen molar-refractivity contribution in [1.82, 2.24) is 18.7 Å². The number of aryl methyl sites for hydroxylation is 1. The van der Waals surface area contributed by atoms with Gasteiger partial charge in [-0.25, -0.2) is 9.78 Å². The number of aliphatic hydroxyl groups excluding tert-OH is 1. The Kier molecular flexibility index (Phi) is 6.18. The number of allylic oxidation sites excluding steroid dienone is 8. The molecule has 0 amide bonds. The quantitative estimate of drug-likeness (QED) is 0.513. The molecule has 2 aromatic rings. The van der Waals surface area contributed by atoms with E-state index in [0.717, 1.165) is 21.3 Å². The highest BCUT2D eigenvalue weighted by Crippen LogP contribution is 2.38. The van der Waals surface area contributed by atoms with Gasteiger partial charge in [-0.1, -0.05) is 17.9 Å². The molecule has 7 nitrogen and oxygen atoms in total. The standard InChI is InChI=1S/C23H20F4N4O3/c1-29-20-18(21(33)30(22(29)34)11-4-12-32)31(13-14-7-9-15(24)10-8-14)19(28-20)16-5-2-3-6-17(16)23(25,26)27/h3,6-7,9,32H,2,4-5,11-13H2,1H3. The summed E-state index contributed by atoms with van der Waals surface area (Å²) in [4.78, 5) is 30.4. The summed E-state index contributed by atoms with van der Waals surface area (Å²) in [5, 5.41) is 9.14. The number of imidazole rings is 1. The van der Waals surface area contributed by atoms with Crippen LogP contribution in [0, 0.1) is 0 Å². The van der Waals surface area contributed by atoms with Gasteiger partial charge in [-0.15, -0.1) is 0 Å². The first-order chi connectivity index (χ1) is 16.1. The molecule has 34 heavy (non-hydrogen) atoms. The van der Waals surface area contributed by atoms with E-state index in [1.807, 2.05) is 0 Å². The predicted molar refractivity (Wildman–Crippen MR) is 117 cm³/mol. The van der Waals surface area contributed by atoms with Gasteiger partial charge in [0.05, 0.1) is 12.1 Å². The van der Waals surface area contributed by atoms with E-state index >= 15 is 0 Å². The lowest BCUT2D eigenvalue weighted by Crippen LogP contribution is -2.40. The van der Waals surface area contributed by atoms with Crippen LogP contribution >= 0.6 is 0 Å². The Balaban J connectivity index is 2.09. The number of alkyl halides is 3. The number of aliphatic hydroxyl groups is 1. The van der Waals surface area contributed by atoms with Crippen LogP contribution in [0.15, 0.2) is 62.3 Å². The Morgan fingerprint density at radius 3 is 2.56 bits per heavy atom. The molecule has 1 N–H and O–H groups in total. The normalized spacial score (nSPS) is 15.9. The van der Waals surface area contributed by atoms with Gasteiger partial charge in [0.15, 0.2) is 17.0 Å². The van der Waals surface area contributed by atoms with Crippen molar-refractivity contribution in [3.8, 4) is 0 Å². The highest BCUT2D eigenvalue weighted by Gasteiger charge is 2.37. The minimum atomic E-state index is -4.65. The lowest BCUT2D eigenvalue weighted by Gasteiger charge is -2.19. The molecule has 0 atom stereocenters. The van der Waals surface area contributed by atoms with E-state index < -0.39 is 28.8 Å². The van der Waals surface area contributed by atoms with Gasteiger partial charge in [-0.05, 0) is 37.1 Å². The Morgan fingerprint density at radius 1 is 1.15 bits per heavy atom. The van der Waals surface area contributed by atoms with Gasteiger partial charge >= 0.3 is 11.9 Å². The van der Waals surface area contributed by atoms with E-state index in [1.165, 1.54) is 23.8 Å². The van der Waals surface area contributed by atoms with Gasteiger partial charge in [0.2, 0.25) is 0 Å². The van der Waals surface area contributed by atoms with Gasteiger partial charge in [-0.3, -0.25) is 13.9 Å². The van der Waals surface area contributed by atoms with Gasteiger partial charge < -0.3 is 9.67 Å². The number of nitrogens with zero attached hydrogens (tertiary/aromatic N) is 4. The van der Waals surface area contributed by atoms with E-state index in [0.29, 0.717) is 12.0 Å². The van der Waals surface area contributed by atoms with E-state index in [-0.39, 0.29) is 55.1 Å². The number of hydrogen-bond donors (Lipinski definition) is 1. The molecule has 0 aliphatic heterocycles. The summed E-state index contributed by atoms with van der Waals surface area (Å²) in [5.41, 5.74) is 2.66. The summed E-state index contributed by atoms with van der Waals surface area (Å²) in [5.74, 6) is -0.760. The fourth-order valence-corrected chi connectivity index (χ4v) is 4.00. The van der Waals surface area contributed by atoms with Crippen LogP contribution in [0.25, 0.3) is 16.7 Å². The maximum absolute atomic E-state index is 13.8. The molecule has 178 valence electrons. The summed E-state index contributed by atoms with van der Waals surface area (Å²) in [6.07, 6.45) is 0.763. The second-order valence-electron chi connectivity index (χ2n) is 7.86. The zero-order valence-electron chi connectivity index (χ0n) is 18.1. The summed E-state index contributed by atoms with van der Waals surface area (Å²) in [7, 11) is 1.37. The van der Waals surface area contributed by atoms with Gasteiger partial charge in [0, 0.05) is 31.3 Å². The smallest absolute Gasteiger partial charge is 0.396 e. The third-order valence-electron chi connectivity index (χ3n) is 5.62. The van der Waals surface area contributed by atoms with Crippen LogP contribution in [0.5, 0.6) is 0 Å². The molecule has 2 aliphatic carbocycles. The lowest BCUT2D eigenvalue weighted by molar-refractivity contribution is -0.0879. The number of hydrogen-bond acceptors (Lipinski definition) is 4. The predicted octanol–water partition coefficient (Wildman–Crippen LogP) is 3.05. The zero-order valence-corrected chi connectivity index (χ0v) is 18.1. The van der Waals surface area contributed by atoms with E-state index in [4.69, 9.17) is 5.11 Å². The number of fused-ring (bicyclic) bond motifs is 1. The Morgan fingerprint density at radius 2 is 1.91 bits per heavy atom. The van der Waals surface area contributed by atoms with E-state index in [1.54, 1.807) is 0 Å². The van der Waals surface area contributed by atoms with Gasteiger partial charge in [0.25, 0.3) is 5.56 Å². The van der Waals surface area contributed by atoms with Gasteiger partial charge in [-0.2, -0.15) is 17.6 Å².